The Kier molecular flexibility index (Phi) is 9.43. The van der Waals surface area contributed by atoms with Gasteiger partial charge in [-0.15, -0.1) is 11.3 Å². The zero-order chi connectivity index (χ0) is 21.1. The Hall–Kier alpha value is -2.61. The molecule has 1 aromatic carbocycles. The number of benzene rings is 1. The number of nitrogens with one attached hydrogen (secondary N) is 2. The maximum absolute atomic E-state index is 11.9. The van der Waals surface area contributed by atoms with Crippen LogP contribution in [-0.4, -0.2) is 62.6 Å². The van der Waals surface area contributed by atoms with E-state index in [4.69, 9.17) is 4.74 Å². The SMILES string of the molecule is CCc1cnc(CCNC(=NCC(=O)N(C)C)NCCc2ccc(OC)cc2)s1. The van der Waals surface area contributed by atoms with Crippen LogP contribution >= 0.6 is 11.3 Å². The Balaban J connectivity index is 1.87. The maximum atomic E-state index is 11.9. The van der Waals surface area contributed by atoms with E-state index in [0.29, 0.717) is 19.0 Å². The molecule has 0 atom stereocenters. The van der Waals surface area contributed by atoms with Crippen molar-refractivity contribution in [1.82, 2.24) is 20.5 Å². The summed E-state index contributed by atoms with van der Waals surface area (Å²) >= 11 is 1.74. The standard InChI is InChI=1S/C21H31N5O2S/c1-5-18-14-24-19(29-18)11-13-23-21(25-15-20(27)26(2)3)22-12-10-16-6-8-17(28-4)9-7-16/h6-9,14H,5,10-13,15H2,1-4H3,(H2,22,23,25). The number of rotatable bonds is 10. The average molecular weight is 418 g/mol. The third-order valence-corrected chi connectivity index (χ3v) is 5.52. The third kappa shape index (κ3) is 8.11. The maximum Gasteiger partial charge on any atom is 0.243 e. The van der Waals surface area contributed by atoms with E-state index in [-0.39, 0.29) is 12.5 Å². The normalized spacial score (nSPS) is 11.2. The molecule has 1 amide bonds. The molecule has 0 aliphatic carbocycles. The van der Waals surface area contributed by atoms with Crippen molar-refractivity contribution in [2.45, 2.75) is 26.2 Å². The van der Waals surface area contributed by atoms with Crippen LogP contribution in [0.1, 0.15) is 22.4 Å². The lowest BCUT2D eigenvalue weighted by Crippen LogP contribution is -2.40. The van der Waals surface area contributed by atoms with E-state index in [0.717, 1.165) is 30.0 Å². The summed E-state index contributed by atoms with van der Waals surface area (Å²) in [4.78, 5) is 23.6. The van der Waals surface area contributed by atoms with E-state index in [2.05, 4.69) is 27.5 Å². The highest BCUT2D eigenvalue weighted by Gasteiger charge is 2.06. The largest absolute Gasteiger partial charge is 0.497 e. The summed E-state index contributed by atoms with van der Waals surface area (Å²) in [6.07, 6.45) is 4.62. The Morgan fingerprint density at radius 2 is 1.86 bits per heavy atom. The fraction of sp³-hybridized carbons (Fsp3) is 0.476. The molecule has 0 radical (unpaired) electrons. The number of aromatic nitrogens is 1. The smallest absolute Gasteiger partial charge is 0.243 e. The van der Waals surface area contributed by atoms with Crippen molar-refractivity contribution < 1.29 is 9.53 Å². The van der Waals surface area contributed by atoms with Gasteiger partial charge in [0.2, 0.25) is 5.91 Å². The van der Waals surface area contributed by atoms with Gasteiger partial charge >= 0.3 is 0 Å². The summed E-state index contributed by atoms with van der Waals surface area (Å²) < 4.78 is 5.19. The lowest BCUT2D eigenvalue weighted by molar-refractivity contribution is -0.127. The molecule has 2 rings (SSSR count). The summed E-state index contributed by atoms with van der Waals surface area (Å²) in [6.45, 7) is 3.67. The van der Waals surface area contributed by atoms with Crippen LogP contribution in [0.15, 0.2) is 35.5 Å². The average Bonchev–Trinajstić information content (AvgIpc) is 3.19. The second kappa shape index (κ2) is 12.1. The lowest BCUT2D eigenvalue weighted by atomic mass is 10.1. The molecule has 2 N–H and O–H groups in total. The first-order valence-electron chi connectivity index (χ1n) is 9.80. The second-order valence-electron chi connectivity index (χ2n) is 6.73. The molecule has 0 saturated heterocycles. The van der Waals surface area contributed by atoms with Gasteiger partial charge in [0.15, 0.2) is 5.96 Å². The van der Waals surface area contributed by atoms with Gasteiger partial charge in [0.1, 0.15) is 12.3 Å². The van der Waals surface area contributed by atoms with Gasteiger partial charge in [-0.2, -0.15) is 0 Å². The van der Waals surface area contributed by atoms with Gasteiger partial charge in [-0.05, 0) is 30.5 Å². The lowest BCUT2D eigenvalue weighted by Gasteiger charge is -2.13. The van der Waals surface area contributed by atoms with Gasteiger partial charge in [0.05, 0.1) is 12.1 Å². The highest BCUT2D eigenvalue weighted by molar-refractivity contribution is 7.11. The van der Waals surface area contributed by atoms with Crippen molar-refractivity contribution in [2.75, 3.05) is 40.8 Å². The number of aliphatic imine (C=N–C) groups is 1. The number of hydrogen-bond acceptors (Lipinski definition) is 5. The van der Waals surface area contributed by atoms with Crippen LogP contribution in [0.5, 0.6) is 5.75 Å². The molecule has 0 aliphatic rings. The molecular weight excluding hydrogens is 386 g/mol. The van der Waals surface area contributed by atoms with Crippen molar-refractivity contribution in [2.24, 2.45) is 4.99 Å². The minimum absolute atomic E-state index is 0.0336. The Bertz CT molecular complexity index is 787. The van der Waals surface area contributed by atoms with E-state index in [9.17, 15) is 4.79 Å². The quantitative estimate of drug-likeness (QED) is 0.457. The monoisotopic (exact) mass is 417 g/mol. The van der Waals surface area contributed by atoms with E-state index in [1.54, 1.807) is 37.4 Å². The van der Waals surface area contributed by atoms with Crippen LogP contribution in [0.25, 0.3) is 0 Å². The van der Waals surface area contributed by atoms with Crippen molar-refractivity contribution in [1.29, 1.82) is 0 Å². The van der Waals surface area contributed by atoms with Crippen molar-refractivity contribution in [3.8, 4) is 5.75 Å². The molecule has 158 valence electrons. The molecule has 1 heterocycles. The molecule has 8 heteroatoms. The molecule has 0 fully saturated rings. The molecule has 7 nitrogen and oxygen atoms in total. The third-order valence-electron chi connectivity index (χ3n) is 4.32. The molecule has 0 aliphatic heterocycles. The van der Waals surface area contributed by atoms with Gasteiger partial charge in [-0.25, -0.2) is 9.98 Å². The van der Waals surface area contributed by atoms with Gasteiger partial charge in [-0.3, -0.25) is 4.79 Å². The number of nitrogens with zero attached hydrogens (tertiary/aromatic N) is 3. The van der Waals surface area contributed by atoms with E-state index >= 15 is 0 Å². The predicted molar refractivity (Wildman–Crippen MR) is 119 cm³/mol. The minimum Gasteiger partial charge on any atom is -0.497 e. The Morgan fingerprint density at radius 3 is 2.45 bits per heavy atom. The molecule has 1 aromatic heterocycles. The number of methoxy groups -OCH3 is 1. The highest BCUT2D eigenvalue weighted by Crippen LogP contribution is 2.13. The summed E-state index contributed by atoms with van der Waals surface area (Å²) in [5.41, 5.74) is 1.21. The zero-order valence-corrected chi connectivity index (χ0v) is 18.5. The van der Waals surface area contributed by atoms with Gasteiger partial charge < -0.3 is 20.3 Å². The second-order valence-corrected chi connectivity index (χ2v) is 7.93. The van der Waals surface area contributed by atoms with E-state index in [1.807, 2.05) is 30.5 Å². The van der Waals surface area contributed by atoms with Gasteiger partial charge in [-0.1, -0.05) is 19.1 Å². The Morgan fingerprint density at radius 1 is 1.17 bits per heavy atom. The summed E-state index contributed by atoms with van der Waals surface area (Å²) in [6, 6.07) is 8.01. The van der Waals surface area contributed by atoms with Crippen molar-refractivity contribution in [3.05, 3.63) is 45.9 Å². The number of likely N-dealkylation sites (N-methyl/N-ethyl adjacent to an activating group) is 1. The number of ether oxygens (including phenoxy) is 1. The Labute approximate surface area is 177 Å². The van der Waals surface area contributed by atoms with Crippen LogP contribution in [-0.2, 0) is 24.1 Å². The molecule has 0 unspecified atom stereocenters. The number of guanidine groups is 1. The zero-order valence-electron chi connectivity index (χ0n) is 17.7. The van der Waals surface area contributed by atoms with Gasteiger partial charge in [0.25, 0.3) is 0 Å². The number of amides is 1. The van der Waals surface area contributed by atoms with E-state index in [1.165, 1.54) is 10.4 Å². The number of thiazole rings is 1. The predicted octanol–water partition coefficient (Wildman–Crippen LogP) is 2.12. The van der Waals surface area contributed by atoms with Crippen LogP contribution in [0.4, 0.5) is 0 Å². The fourth-order valence-corrected chi connectivity index (χ4v) is 3.36. The molecule has 0 saturated carbocycles. The first-order valence-corrected chi connectivity index (χ1v) is 10.6. The molecule has 2 aromatic rings. The molecule has 0 spiro atoms. The topological polar surface area (TPSA) is 78.9 Å². The summed E-state index contributed by atoms with van der Waals surface area (Å²) in [7, 11) is 5.13. The van der Waals surface area contributed by atoms with Crippen molar-refractivity contribution in [3.63, 3.8) is 0 Å². The van der Waals surface area contributed by atoms with Crippen LogP contribution in [0, 0.1) is 0 Å². The highest BCUT2D eigenvalue weighted by atomic mass is 32.1. The molecule has 0 bridgehead atoms. The summed E-state index contributed by atoms with van der Waals surface area (Å²) in [5.74, 6) is 1.45. The van der Waals surface area contributed by atoms with Crippen LogP contribution < -0.4 is 15.4 Å². The minimum atomic E-state index is -0.0336. The first-order chi connectivity index (χ1) is 14.0. The van der Waals surface area contributed by atoms with Crippen molar-refractivity contribution >= 4 is 23.2 Å². The number of aryl methyl sites for hydroxylation is 1. The van der Waals surface area contributed by atoms with Crippen LogP contribution in [0.2, 0.25) is 0 Å². The number of carbonyl (C=O) groups is 1. The van der Waals surface area contributed by atoms with Gasteiger partial charge in [0, 0.05) is 44.7 Å². The van der Waals surface area contributed by atoms with Crippen LogP contribution in [0.3, 0.4) is 0 Å². The fourth-order valence-electron chi connectivity index (χ4n) is 2.49. The number of hydrogen-bond donors (Lipinski definition) is 2. The number of carbonyl (C=O) groups excluding carboxylic acids is 1. The first kappa shape index (κ1) is 22.7. The molecule has 29 heavy (non-hydrogen) atoms. The van der Waals surface area contributed by atoms with E-state index < -0.39 is 0 Å². The molecular formula is C21H31N5O2S. The summed E-state index contributed by atoms with van der Waals surface area (Å²) in [5, 5.41) is 7.73.